The third-order valence-electron chi connectivity index (χ3n) is 3.38. The molecule has 134 valence electrons. The molecule has 1 aromatic heterocycles. The molecule has 0 fully saturated rings. The summed E-state index contributed by atoms with van der Waals surface area (Å²) >= 11 is 1.61. The predicted octanol–water partition coefficient (Wildman–Crippen LogP) is 2.57. The summed E-state index contributed by atoms with van der Waals surface area (Å²) in [6.45, 7) is 0.0363. The van der Waals surface area contributed by atoms with E-state index in [-0.39, 0.29) is 5.57 Å². The lowest BCUT2D eigenvalue weighted by Gasteiger charge is -2.06. The number of hydrogen-bond acceptors (Lipinski definition) is 6. The maximum Gasteiger partial charge on any atom is 0.349 e. The molecule has 1 amide bonds. The van der Waals surface area contributed by atoms with Crippen molar-refractivity contribution in [2.45, 2.75) is 6.42 Å². The van der Waals surface area contributed by atoms with Gasteiger partial charge >= 0.3 is 5.97 Å². The fraction of sp³-hybridized carbons (Fsp3) is 0.211. The minimum atomic E-state index is -0.836. The van der Waals surface area contributed by atoms with Gasteiger partial charge in [0.15, 0.2) is 6.61 Å². The number of methoxy groups -OCH3 is 1. The van der Waals surface area contributed by atoms with Gasteiger partial charge in [-0.1, -0.05) is 18.2 Å². The van der Waals surface area contributed by atoms with E-state index in [1.165, 1.54) is 6.08 Å². The summed E-state index contributed by atoms with van der Waals surface area (Å²) in [6.07, 6.45) is 2.12. The first kappa shape index (κ1) is 19.2. The fourth-order valence-electron chi connectivity index (χ4n) is 2.04. The van der Waals surface area contributed by atoms with Gasteiger partial charge in [0.2, 0.25) is 0 Å². The number of nitrogens with one attached hydrogen (secondary N) is 1. The molecule has 0 saturated heterocycles. The zero-order chi connectivity index (χ0) is 18.8. The van der Waals surface area contributed by atoms with Gasteiger partial charge in [-0.25, -0.2) is 4.79 Å². The van der Waals surface area contributed by atoms with Crippen LogP contribution in [0.1, 0.15) is 10.4 Å². The monoisotopic (exact) mass is 370 g/mol. The maximum absolute atomic E-state index is 12.0. The third kappa shape index (κ3) is 6.07. The molecule has 0 aliphatic heterocycles. The molecule has 1 N–H and O–H groups in total. The number of amides is 1. The molecule has 0 unspecified atom stereocenters. The second-order valence-electron chi connectivity index (χ2n) is 5.20. The van der Waals surface area contributed by atoms with Crippen molar-refractivity contribution in [2.24, 2.45) is 0 Å². The molecule has 26 heavy (non-hydrogen) atoms. The fourth-order valence-corrected chi connectivity index (χ4v) is 2.75. The Morgan fingerprint density at radius 1 is 1.27 bits per heavy atom. The SMILES string of the molecule is COc1ccc(/C=C(\C#N)C(=O)OCC(=O)NCCc2cccs2)cc1. The summed E-state index contributed by atoms with van der Waals surface area (Å²) in [6, 6.07) is 12.6. The van der Waals surface area contributed by atoms with Crippen LogP contribution < -0.4 is 10.1 Å². The van der Waals surface area contributed by atoms with E-state index in [0.29, 0.717) is 17.9 Å². The Balaban J connectivity index is 1.81. The Labute approximate surface area is 155 Å². The first-order valence-electron chi connectivity index (χ1n) is 7.84. The van der Waals surface area contributed by atoms with Crippen LogP contribution in [-0.4, -0.2) is 32.1 Å². The van der Waals surface area contributed by atoms with Crippen molar-refractivity contribution in [3.63, 3.8) is 0 Å². The lowest BCUT2D eigenvalue weighted by Crippen LogP contribution is -2.30. The minimum absolute atomic E-state index is 0.179. The standard InChI is InChI=1S/C19H18N2O4S/c1-24-16-6-4-14(5-7-16)11-15(12-20)19(23)25-13-18(22)21-9-8-17-3-2-10-26-17/h2-7,10-11H,8-9,13H2,1H3,(H,21,22)/b15-11+. The Morgan fingerprint density at radius 2 is 2.04 bits per heavy atom. The number of nitrogens with zero attached hydrogens (tertiary/aromatic N) is 1. The van der Waals surface area contributed by atoms with Gasteiger partial charge in [0.1, 0.15) is 17.4 Å². The molecule has 2 aromatic rings. The zero-order valence-electron chi connectivity index (χ0n) is 14.2. The Hall–Kier alpha value is -3.11. The van der Waals surface area contributed by atoms with Gasteiger partial charge < -0.3 is 14.8 Å². The average Bonchev–Trinajstić information content (AvgIpc) is 3.18. The zero-order valence-corrected chi connectivity index (χ0v) is 15.0. The molecule has 1 aromatic carbocycles. The Morgan fingerprint density at radius 3 is 2.65 bits per heavy atom. The molecule has 1 heterocycles. The van der Waals surface area contributed by atoms with Gasteiger partial charge in [-0.05, 0) is 41.6 Å². The second kappa shape index (κ2) is 10.0. The lowest BCUT2D eigenvalue weighted by molar-refractivity contribution is -0.144. The highest BCUT2D eigenvalue weighted by Crippen LogP contribution is 2.14. The number of carbonyl (C=O) groups excluding carboxylic acids is 2. The first-order valence-corrected chi connectivity index (χ1v) is 8.72. The number of rotatable bonds is 8. The smallest absolute Gasteiger partial charge is 0.349 e. The number of hydrogen-bond donors (Lipinski definition) is 1. The van der Waals surface area contributed by atoms with Crippen LogP contribution in [0.4, 0.5) is 0 Å². The van der Waals surface area contributed by atoms with Crippen molar-refractivity contribution in [1.29, 1.82) is 5.26 Å². The van der Waals surface area contributed by atoms with Crippen LogP contribution in [0.2, 0.25) is 0 Å². The Bertz CT molecular complexity index is 805. The first-order chi connectivity index (χ1) is 12.6. The van der Waals surface area contributed by atoms with Crippen molar-refractivity contribution in [3.05, 3.63) is 57.8 Å². The van der Waals surface area contributed by atoms with Crippen LogP contribution in [0.25, 0.3) is 6.08 Å². The number of thiophene rings is 1. The van der Waals surface area contributed by atoms with Gasteiger partial charge in [0.25, 0.3) is 5.91 Å². The van der Waals surface area contributed by atoms with Gasteiger partial charge in [-0.2, -0.15) is 5.26 Å². The lowest BCUT2D eigenvalue weighted by atomic mass is 10.1. The summed E-state index contributed by atoms with van der Waals surface area (Å²) in [5.74, 6) is -0.573. The van der Waals surface area contributed by atoms with Crippen molar-refractivity contribution in [1.82, 2.24) is 5.32 Å². The van der Waals surface area contributed by atoms with Crippen molar-refractivity contribution in [2.75, 3.05) is 20.3 Å². The van der Waals surface area contributed by atoms with E-state index in [1.54, 1.807) is 48.8 Å². The maximum atomic E-state index is 12.0. The highest BCUT2D eigenvalue weighted by molar-refractivity contribution is 7.09. The van der Waals surface area contributed by atoms with Crippen molar-refractivity contribution in [3.8, 4) is 11.8 Å². The highest BCUT2D eigenvalue weighted by atomic mass is 32.1. The highest BCUT2D eigenvalue weighted by Gasteiger charge is 2.13. The van der Waals surface area contributed by atoms with Crippen molar-refractivity contribution >= 4 is 29.3 Å². The van der Waals surface area contributed by atoms with E-state index in [1.807, 2.05) is 17.5 Å². The number of benzene rings is 1. The molecule has 6 nitrogen and oxygen atoms in total. The van der Waals surface area contributed by atoms with Crippen molar-refractivity contribution < 1.29 is 19.1 Å². The summed E-state index contributed by atoms with van der Waals surface area (Å²) in [4.78, 5) is 24.8. The van der Waals surface area contributed by atoms with E-state index in [4.69, 9.17) is 14.7 Å². The van der Waals surface area contributed by atoms with Crippen LogP contribution in [0.5, 0.6) is 5.75 Å². The van der Waals surface area contributed by atoms with Gasteiger partial charge in [0.05, 0.1) is 7.11 Å². The molecule has 0 spiro atoms. The van der Waals surface area contributed by atoms with Crippen LogP contribution >= 0.6 is 11.3 Å². The molecule has 0 radical (unpaired) electrons. The Kier molecular flexibility index (Phi) is 7.40. The number of nitriles is 1. The van der Waals surface area contributed by atoms with E-state index in [9.17, 15) is 9.59 Å². The van der Waals surface area contributed by atoms with E-state index in [2.05, 4.69) is 5.32 Å². The summed E-state index contributed by atoms with van der Waals surface area (Å²) < 4.78 is 9.95. The molecule has 0 aliphatic carbocycles. The van der Waals surface area contributed by atoms with E-state index >= 15 is 0 Å². The van der Waals surface area contributed by atoms with Crippen LogP contribution in [0.3, 0.4) is 0 Å². The van der Waals surface area contributed by atoms with Gasteiger partial charge in [-0.15, -0.1) is 11.3 Å². The molecule has 0 bridgehead atoms. The molecule has 7 heteroatoms. The van der Waals surface area contributed by atoms with Crippen LogP contribution in [0, 0.1) is 11.3 Å². The topological polar surface area (TPSA) is 88.4 Å². The normalized spacial score (nSPS) is 10.7. The van der Waals surface area contributed by atoms with E-state index in [0.717, 1.165) is 11.3 Å². The quantitative estimate of drug-likeness (QED) is 0.438. The molecule has 0 saturated carbocycles. The minimum Gasteiger partial charge on any atom is -0.497 e. The second-order valence-corrected chi connectivity index (χ2v) is 6.23. The molecule has 0 atom stereocenters. The van der Waals surface area contributed by atoms with Gasteiger partial charge in [-0.3, -0.25) is 4.79 Å². The number of ether oxygens (including phenoxy) is 2. The number of esters is 1. The van der Waals surface area contributed by atoms with Crippen LogP contribution in [0.15, 0.2) is 47.4 Å². The molecular formula is C19H18N2O4S. The van der Waals surface area contributed by atoms with E-state index < -0.39 is 18.5 Å². The average molecular weight is 370 g/mol. The number of carbonyl (C=O) groups is 2. The van der Waals surface area contributed by atoms with Crippen LogP contribution in [-0.2, 0) is 20.7 Å². The summed E-state index contributed by atoms with van der Waals surface area (Å²) in [5, 5.41) is 13.8. The van der Waals surface area contributed by atoms with Gasteiger partial charge in [0, 0.05) is 11.4 Å². The summed E-state index contributed by atoms with van der Waals surface area (Å²) in [5.41, 5.74) is 0.473. The third-order valence-corrected chi connectivity index (χ3v) is 4.31. The molecular weight excluding hydrogens is 352 g/mol. The molecule has 0 aliphatic rings. The molecule has 2 rings (SSSR count). The predicted molar refractivity (Wildman–Crippen MR) is 98.6 cm³/mol. The summed E-state index contributed by atoms with van der Waals surface area (Å²) in [7, 11) is 1.55. The largest absolute Gasteiger partial charge is 0.497 e.